The third-order valence-corrected chi connectivity index (χ3v) is 6.19. The number of hydrogen-bond donors (Lipinski definition) is 0. The molecule has 0 unspecified atom stereocenters. The highest BCUT2D eigenvalue weighted by Crippen LogP contribution is 2.45. The van der Waals surface area contributed by atoms with Crippen LogP contribution in [0.2, 0.25) is 0 Å². The van der Waals surface area contributed by atoms with E-state index < -0.39 is 0 Å². The van der Waals surface area contributed by atoms with Crippen LogP contribution in [0.5, 0.6) is 0 Å². The first-order chi connectivity index (χ1) is 14.7. The average Bonchev–Trinajstić information content (AvgIpc) is 2.80. The summed E-state index contributed by atoms with van der Waals surface area (Å²) in [5.41, 5.74) is 6.10. The van der Waals surface area contributed by atoms with Crippen molar-refractivity contribution in [1.29, 1.82) is 0 Å². The lowest BCUT2D eigenvalue weighted by Crippen LogP contribution is -2.42. The van der Waals surface area contributed by atoms with Gasteiger partial charge >= 0.3 is 0 Å². The van der Waals surface area contributed by atoms with E-state index in [1.165, 1.54) is 22.3 Å². The molecule has 3 aromatic rings. The Labute approximate surface area is 179 Å². The molecule has 0 aliphatic carbocycles. The predicted molar refractivity (Wildman–Crippen MR) is 124 cm³/mol. The van der Waals surface area contributed by atoms with Crippen LogP contribution < -0.4 is 0 Å². The molecule has 0 fully saturated rings. The van der Waals surface area contributed by atoms with Gasteiger partial charge in [0.2, 0.25) is 5.91 Å². The van der Waals surface area contributed by atoms with Crippen LogP contribution in [0, 0.1) is 5.92 Å². The monoisotopic (exact) mass is 395 g/mol. The molecule has 0 spiro atoms. The maximum Gasteiger partial charge on any atom is 0.230 e. The Morgan fingerprint density at radius 3 is 2.00 bits per heavy atom. The second-order valence-corrected chi connectivity index (χ2v) is 8.12. The molecular formula is C28H29NO. The average molecular weight is 396 g/mol. The molecule has 2 nitrogen and oxygen atoms in total. The minimum atomic E-state index is -0.0944. The van der Waals surface area contributed by atoms with Crippen molar-refractivity contribution in [2.45, 2.75) is 32.6 Å². The van der Waals surface area contributed by atoms with E-state index in [2.05, 4.69) is 86.6 Å². The quantitative estimate of drug-likeness (QED) is 0.479. The second-order valence-electron chi connectivity index (χ2n) is 8.12. The van der Waals surface area contributed by atoms with Gasteiger partial charge in [-0.05, 0) is 42.0 Å². The molecule has 0 bridgehead atoms. The van der Waals surface area contributed by atoms with E-state index in [0.717, 1.165) is 25.1 Å². The maximum absolute atomic E-state index is 13.4. The van der Waals surface area contributed by atoms with Crippen LogP contribution in [0.3, 0.4) is 0 Å². The van der Waals surface area contributed by atoms with Crippen LogP contribution in [0.1, 0.15) is 42.9 Å². The molecule has 0 N–H and O–H groups in total. The minimum Gasteiger partial charge on any atom is -0.316 e. The van der Waals surface area contributed by atoms with Crippen molar-refractivity contribution in [2.75, 3.05) is 6.54 Å². The first-order valence-corrected chi connectivity index (χ1v) is 10.8. The number of nitrogens with zero attached hydrogens (tertiary/aromatic N) is 1. The number of amides is 1. The van der Waals surface area contributed by atoms with Crippen LogP contribution in [0.4, 0.5) is 0 Å². The van der Waals surface area contributed by atoms with Crippen molar-refractivity contribution in [3.8, 4) is 0 Å². The lowest BCUT2D eigenvalue weighted by molar-refractivity contribution is -0.134. The molecule has 1 aliphatic rings. The van der Waals surface area contributed by atoms with Crippen molar-refractivity contribution < 1.29 is 4.79 Å². The Bertz CT molecular complexity index is 1010. The van der Waals surface area contributed by atoms with E-state index in [0.29, 0.717) is 0 Å². The molecule has 1 heterocycles. The molecule has 1 amide bonds. The summed E-state index contributed by atoms with van der Waals surface area (Å²) in [5.74, 6) is 0.212. The number of aryl methyl sites for hydroxylation is 1. The Morgan fingerprint density at radius 1 is 0.800 bits per heavy atom. The molecule has 2 heteroatoms. The lowest BCUT2D eigenvalue weighted by atomic mass is 9.74. The minimum absolute atomic E-state index is 0.0754. The molecule has 0 saturated heterocycles. The van der Waals surface area contributed by atoms with Crippen LogP contribution >= 0.6 is 0 Å². The van der Waals surface area contributed by atoms with Gasteiger partial charge in [-0.2, -0.15) is 0 Å². The first-order valence-electron chi connectivity index (χ1n) is 10.8. The Kier molecular flexibility index (Phi) is 6.13. The van der Waals surface area contributed by atoms with Gasteiger partial charge in [0.1, 0.15) is 0 Å². The molecule has 2 atom stereocenters. The van der Waals surface area contributed by atoms with E-state index >= 15 is 0 Å². The summed E-state index contributed by atoms with van der Waals surface area (Å²) < 4.78 is 0. The van der Waals surface area contributed by atoms with E-state index in [-0.39, 0.29) is 17.7 Å². The highest BCUT2D eigenvalue weighted by Gasteiger charge is 2.38. The van der Waals surface area contributed by atoms with Gasteiger partial charge in [0, 0.05) is 24.1 Å². The van der Waals surface area contributed by atoms with Crippen LogP contribution in [0.25, 0.3) is 5.57 Å². The summed E-state index contributed by atoms with van der Waals surface area (Å²) >= 11 is 0. The van der Waals surface area contributed by atoms with Gasteiger partial charge in [-0.15, -0.1) is 0 Å². The van der Waals surface area contributed by atoms with Gasteiger partial charge in [-0.25, -0.2) is 0 Å². The molecule has 152 valence electrons. The normalized spacial score (nSPS) is 19.3. The Morgan fingerprint density at radius 2 is 1.37 bits per heavy atom. The van der Waals surface area contributed by atoms with Crippen LogP contribution in [0.15, 0.2) is 96.7 Å². The standard InChI is InChI=1S/C28H29NO/c1-21-26(24-16-8-4-9-17-24)27(25-18-10-5-11-19-25)22(2)29(28(21)30)20-12-15-23-13-6-3-7-14-23/h3-11,13-14,16-19,21,26H,12,15,20H2,1-2H3/t21-,26+/m0/s1. The number of hydrogen-bond acceptors (Lipinski definition) is 1. The number of benzene rings is 3. The van der Waals surface area contributed by atoms with Crippen LogP contribution in [-0.2, 0) is 11.2 Å². The molecule has 1 aliphatic heterocycles. The van der Waals surface area contributed by atoms with Gasteiger partial charge in [0.05, 0.1) is 0 Å². The summed E-state index contributed by atoms with van der Waals surface area (Å²) in [6.45, 7) is 4.95. The summed E-state index contributed by atoms with van der Waals surface area (Å²) in [4.78, 5) is 15.5. The maximum atomic E-state index is 13.4. The zero-order chi connectivity index (χ0) is 20.9. The molecule has 0 saturated carbocycles. The molecule has 0 radical (unpaired) electrons. The van der Waals surface area contributed by atoms with E-state index in [4.69, 9.17) is 0 Å². The Hall–Kier alpha value is -3.13. The van der Waals surface area contributed by atoms with E-state index in [1.54, 1.807) is 0 Å². The summed E-state index contributed by atoms with van der Waals surface area (Å²) in [5, 5.41) is 0. The molecule has 3 aromatic carbocycles. The number of rotatable bonds is 6. The Balaban J connectivity index is 1.68. The molecule has 4 rings (SSSR count). The number of allylic oxidation sites excluding steroid dienone is 2. The summed E-state index contributed by atoms with van der Waals surface area (Å²) in [6.07, 6.45) is 1.94. The van der Waals surface area contributed by atoms with Crippen molar-refractivity contribution in [2.24, 2.45) is 5.92 Å². The van der Waals surface area contributed by atoms with E-state index in [9.17, 15) is 4.79 Å². The highest BCUT2D eigenvalue weighted by atomic mass is 16.2. The lowest BCUT2D eigenvalue weighted by Gasteiger charge is -2.40. The first kappa shape index (κ1) is 20.2. The highest BCUT2D eigenvalue weighted by molar-refractivity contribution is 5.91. The van der Waals surface area contributed by atoms with Gasteiger partial charge in [0.15, 0.2) is 0 Å². The molecular weight excluding hydrogens is 366 g/mol. The predicted octanol–water partition coefficient (Wildman–Crippen LogP) is 6.31. The summed E-state index contributed by atoms with van der Waals surface area (Å²) in [7, 11) is 0. The van der Waals surface area contributed by atoms with Gasteiger partial charge < -0.3 is 4.90 Å². The third-order valence-electron chi connectivity index (χ3n) is 6.19. The smallest absolute Gasteiger partial charge is 0.230 e. The summed E-state index contributed by atoms with van der Waals surface area (Å²) in [6, 6.07) is 31.5. The largest absolute Gasteiger partial charge is 0.316 e. The van der Waals surface area contributed by atoms with Crippen LogP contribution in [-0.4, -0.2) is 17.4 Å². The van der Waals surface area contributed by atoms with Gasteiger partial charge in [-0.3, -0.25) is 4.79 Å². The number of carbonyl (C=O) groups excluding carboxylic acids is 1. The zero-order valence-electron chi connectivity index (χ0n) is 17.8. The number of carbonyl (C=O) groups is 1. The molecule has 30 heavy (non-hydrogen) atoms. The fourth-order valence-electron chi connectivity index (χ4n) is 4.66. The topological polar surface area (TPSA) is 20.3 Å². The second kappa shape index (κ2) is 9.13. The van der Waals surface area contributed by atoms with Crippen molar-refractivity contribution in [1.82, 2.24) is 4.90 Å². The van der Waals surface area contributed by atoms with Crippen molar-refractivity contribution in [3.05, 3.63) is 113 Å². The fourth-order valence-corrected chi connectivity index (χ4v) is 4.66. The molecule has 0 aromatic heterocycles. The van der Waals surface area contributed by atoms with Gasteiger partial charge in [-0.1, -0.05) is 97.9 Å². The van der Waals surface area contributed by atoms with Gasteiger partial charge in [0.25, 0.3) is 0 Å². The van der Waals surface area contributed by atoms with Crippen molar-refractivity contribution >= 4 is 11.5 Å². The third kappa shape index (κ3) is 4.09. The fraction of sp³-hybridized carbons (Fsp3) is 0.250. The SMILES string of the molecule is CC1=C(c2ccccc2)[C@@H](c2ccccc2)[C@H](C)C(=O)N1CCCc1ccccc1. The van der Waals surface area contributed by atoms with E-state index in [1.807, 2.05) is 23.1 Å². The van der Waals surface area contributed by atoms with Crippen molar-refractivity contribution in [3.63, 3.8) is 0 Å². The zero-order valence-corrected chi connectivity index (χ0v) is 17.8.